The Labute approximate surface area is 127 Å². The molecule has 1 amide bonds. The van der Waals surface area contributed by atoms with Crippen LogP contribution in [0.3, 0.4) is 0 Å². The highest BCUT2D eigenvalue weighted by molar-refractivity contribution is 5.81. The Hall–Kier alpha value is -1.39. The van der Waals surface area contributed by atoms with E-state index in [4.69, 9.17) is 4.74 Å². The Morgan fingerprint density at radius 1 is 1.33 bits per heavy atom. The first-order chi connectivity index (χ1) is 10.1. The summed E-state index contributed by atoms with van der Waals surface area (Å²) in [5.41, 5.74) is 3.62. The zero-order valence-electron chi connectivity index (χ0n) is 13.3. The van der Waals surface area contributed by atoms with Crippen LogP contribution in [-0.2, 0) is 9.53 Å². The number of amides is 1. The highest BCUT2D eigenvalue weighted by Gasteiger charge is 2.31. The molecule has 4 nitrogen and oxygen atoms in total. The summed E-state index contributed by atoms with van der Waals surface area (Å²) in [6.45, 7) is 8.76. The summed E-state index contributed by atoms with van der Waals surface area (Å²) in [7, 11) is 0. The zero-order valence-corrected chi connectivity index (χ0v) is 13.3. The molecule has 1 unspecified atom stereocenters. The van der Waals surface area contributed by atoms with Crippen molar-refractivity contribution in [1.82, 2.24) is 10.2 Å². The average Bonchev–Trinajstić information content (AvgIpc) is 2.83. The lowest BCUT2D eigenvalue weighted by Gasteiger charge is -2.26. The van der Waals surface area contributed by atoms with E-state index >= 15 is 0 Å². The average molecular weight is 290 g/mol. The number of nitrogens with one attached hydrogen (secondary N) is 1. The van der Waals surface area contributed by atoms with Gasteiger partial charge >= 0.3 is 0 Å². The van der Waals surface area contributed by atoms with Crippen molar-refractivity contribution in [2.45, 2.75) is 39.8 Å². The van der Waals surface area contributed by atoms with Gasteiger partial charge in [0.2, 0.25) is 5.91 Å². The molecule has 0 aliphatic carbocycles. The van der Waals surface area contributed by atoms with Crippen LogP contribution >= 0.6 is 0 Å². The smallest absolute Gasteiger partial charge is 0.238 e. The van der Waals surface area contributed by atoms with Crippen molar-refractivity contribution in [3.05, 3.63) is 34.9 Å². The molecule has 1 atom stereocenters. The molecule has 1 aliphatic heterocycles. The van der Waals surface area contributed by atoms with E-state index in [9.17, 15) is 4.79 Å². The van der Waals surface area contributed by atoms with Gasteiger partial charge in [0.05, 0.1) is 13.2 Å². The second-order valence-corrected chi connectivity index (χ2v) is 5.70. The molecule has 116 valence electrons. The van der Waals surface area contributed by atoms with E-state index in [0.29, 0.717) is 19.7 Å². The number of ether oxygens (including phenoxy) is 1. The maximum Gasteiger partial charge on any atom is 0.238 e. The quantitative estimate of drug-likeness (QED) is 0.785. The minimum atomic E-state index is -0.0211. The summed E-state index contributed by atoms with van der Waals surface area (Å²) in [5.74, 6) is 0.153. The van der Waals surface area contributed by atoms with Crippen molar-refractivity contribution in [3.63, 3.8) is 0 Å². The van der Waals surface area contributed by atoms with Crippen molar-refractivity contribution in [2.24, 2.45) is 0 Å². The third-order valence-corrected chi connectivity index (χ3v) is 3.93. The number of benzene rings is 1. The van der Waals surface area contributed by atoms with Gasteiger partial charge in [0, 0.05) is 13.2 Å². The Morgan fingerprint density at radius 3 is 2.90 bits per heavy atom. The normalized spacial score (nSPS) is 18.5. The van der Waals surface area contributed by atoms with Gasteiger partial charge in [-0.2, -0.15) is 0 Å². The molecule has 4 heteroatoms. The topological polar surface area (TPSA) is 41.6 Å². The predicted octanol–water partition coefficient (Wildman–Crippen LogP) is 2.55. The molecule has 2 rings (SSSR count). The van der Waals surface area contributed by atoms with Crippen molar-refractivity contribution in [3.8, 4) is 0 Å². The Balaban J connectivity index is 2.01. The molecule has 1 fully saturated rings. The zero-order chi connectivity index (χ0) is 15.2. The number of carbonyl (C=O) groups is 1. The summed E-state index contributed by atoms with van der Waals surface area (Å²) < 4.78 is 5.60. The lowest BCUT2D eigenvalue weighted by Crippen LogP contribution is -2.33. The number of aryl methyl sites for hydroxylation is 2. The van der Waals surface area contributed by atoms with Crippen molar-refractivity contribution >= 4 is 5.91 Å². The van der Waals surface area contributed by atoms with Gasteiger partial charge in [0.1, 0.15) is 6.17 Å². The second kappa shape index (κ2) is 7.57. The molecule has 0 bridgehead atoms. The van der Waals surface area contributed by atoms with Gasteiger partial charge in [0.15, 0.2) is 0 Å². The lowest BCUT2D eigenvalue weighted by atomic mass is 10.0. The number of hydrogen-bond acceptors (Lipinski definition) is 3. The van der Waals surface area contributed by atoms with Gasteiger partial charge < -0.3 is 9.64 Å². The van der Waals surface area contributed by atoms with E-state index in [1.54, 1.807) is 0 Å². The summed E-state index contributed by atoms with van der Waals surface area (Å²) in [4.78, 5) is 14.0. The van der Waals surface area contributed by atoms with E-state index in [1.165, 1.54) is 16.7 Å². The number of carbonyl (C=O) groups excluding carboxylic acids is 1. The maximum absolute atomic E-state index is 12.1. The third-order valence-electron chi connectivity index (χ3n) is 3.93. The van der Waals surface area contributed by atoms with E-state index in [1.807, 2.05) is 4.90 Å². The van der Waals surface area contributed by atoms with Crippen LogP contribution in [0.1, 0.15) is 42.6 Å². The Morgan fingerprint density at radius 2 is 2.14 bits per heavy atom. The summed E-state index contributed by atoms with van der Waals surface area (Å²) in [5, 5.41) is 3.31. The van der Waals surface area contributed by atoms with Crippen LogP contribution in [-0.4, -0.2) is 37.1 Å². The number of unbranched alkanes of at least 4 members (excludes halogenated alkanes) is 1. The minimum absolute atomic E-state index is 0.0211. The fraction of sp³-hybridized carbons (Fsp3) is 0.588. The largest absolute Gasteiger partial charge is 0.380 e. The number of rotatable bonds is 7. The standard InChI is InChI=1S/C17H26N2O2/c1-4-5-9-21-10-8-19-16(20)12-18-17(19)15-11-13(2)6-7-14(15)3/h6-7,11,17-18H,4-5,8-10,12H2,1-3H3. The summed E-state index contributed by atoms with van der Waals surface area (Å²) in [6, 6.07) is 6.38. The van der Waals surface area contributed by atoms with Gasteiger partial charge in [-0.25, -0.2) is 0 Å². The number of nitrogens with zero attached hydrogens (tertiary/aromatic N) is 1. The second-order valence-electron chi connectivity index (χ2n) is 5.70. The third kappa shape index (κ3) is 4.05. The first-order valence-electron chi connectivity index (χ1n) is 7.81. The lowest BCUT2D eigenvalue weighted by molar-refractivity contribution is -0.128. The van der Waals surface area contributed by atoms with Gasteiger partial charge in [-0.15, -0.1) is 0 Å². The van der Waals surface area contributed by atoms with Crippen molar-refractivity contribution in [2.75, 3.05) is 26.3 Å². The molecule has 1 N–H and O–H groups in total. The van der Waals surface area contributed by atoms with Crippen LogP contribution in [0.5, 0.6) is 0 Å². The molecule has 0 aromatic heterocycles. The monoisotopic (exact) mass is 290 g/mol. The molecule has 1 aromatic rings. The van der Waals surface area contributed by atoms with Gasteiger partial charge in [-0.05, 0) is 31.4 Å². The fourth-order valence-electron chi connectivity index (χ4n) is 2.64. The molecule has 21 heavy (non-hydrogen) atoms. The Kier molecular flexibility index (Phi) is 5.76. The molecule has 1 saturated heterocycles. The fourth-order valence-corrected chi connectivity index (χ4v) is 2.64. The molecule has 1 heterocycles. The van der Waals surface area contributed by atoms with Crippen molar-refractivity contribution < 1.29 is 9.53 Å². The van der Waals surface area contributed by atoms with Crippen LogP contribution in [0.4, 0.5) is 0 Å². The van der Waals surface area contributed by atoms with Crippen LogP contribution in [0.25, 0.3) is 0 Å². The van der Waals surface area contributed by atoms with E-state index in [2.05, 4.69) is 44.3 Å². The van der Waals surface area contributed by atoms with E-state index in [-0.39, 0.29) is 12.1 Å². The Bertz CT molecular complexity index is 488. The van der Waals surface area contributed by atoms with Crippen LogP contribution in [0.15, 0.2) is 18.2 Å². The SMILES string of the molecule is CCCCOCCN1C(=O)CNC1c1cc(C)ccc1C. The molecule has 0 saturated carbocycles. The van der Waals surface area contributed by atoms with Gasteiger partial charge in [0.25, 0.3) is 0 Å². The van der Waals surface area contributed by atoms with E-state index < -0.39 is 0 Å². The molecular formula is C17H26N2O2. The highest BCUT2D eigenvalue weighted by Crippen LogP contribution is 2.25. The first-order valence-corrected chi connectivity index (χ1v) is 7.81. The first kappa shape index (κ1) is 16.0. The molecule has 1 aliphatic rings. The molecule has 0 spiro atoms. The van der Waals surface area contributed by atoms with Gasteiger partial charge in [-0.3, -0.25) is 10.1 Å². The van der Waals surface area contributed by atoms with Crippen LogP contribution in [0, 0.1) is 13.8 Å². The molecule has 1 aromatic carbocycles. The maximum atomic E-state index is 12.1. The van der Waals surface area contributed by atoms with Crippen LogP contribution in [0.2, 0.25) is 0 Å². The predicted molar refractivity (Wildman–Crippen MR) is 84.1 cm³/mol. The van der Waals surface area contributed by atoms with E-state index in [0.717, 1.165) is 19.4 Å². The molecule has 0 radical (unpaired) electrons. The van der Waals surface area contributed by atoms with Crippen LogP contribution < -0.4 is 5.32 Å². The van der Waals surface area contributed by atoms with Crippen molar-refractivity contribution in [1.29, 1.82) is 0 Å². The summed E-state index contributed by atoms with van der Waals surface area (Å²) >= 11 is 0. The number of hydrogen-bond donors (Lipinski definition) is 1. The summed E-state index contributed by atoms with van der Waals surface area (Å²) in [6.07, 6.45) is 2.19. The minimum Gasteiger partial charge on any atom is -0.380 e. The highest BCUT2D eigenvalue weighted by atomic mass is 16.5. The molecular weight excluding hydrogens is 264 g/mol. The van der Waals surface area contributed by atoms with Gasteiger partial charge in [-0.1, -0.05) is 37.1 Å².